The number of rotatable bonds is 4. The minimum Gasteiger partial charge on any atom is -0.491 e. The van der Waals surface area contributed by atoms with Crippen molar-refractivity contribution in [2.24, 2.45) is 5.92 Å². The van der Waals surface area contributed by atoms with Crippen LogP contribution in [0.1, 0.15) is 25.3 Å². The molecule has 18 heavy (non-hydrogen) atoms. The number of ether oxygens (including phenoxy) is 2. The molecule has 2 aliphatic rings. The van der Waals surface area contributed by atoms with E-state index in [4.69, 9.17) is 9.47 Å². The molecule has 4 heteroatoms. The maximum absolute atomic E-state index is 11.9. The van der Waals surface area contributed by atoms with Crippen LogP contribution < -0.4 is 10.1 Å². The maximum atomic E-state index is 11.9. The van der Waals surface area contributed by atoms with E-state index in [2.05, 4.69) is 19.2 Å². The Morgan fingerprint density at radius 3 is 2.94 bits per heavy atom. The summed E-state index contributed by atoms with van der Waals surface area (Å²) in [4.78, 5) is 11.9. The van der Waals surface area contributed by atoms with Crippen LogP contribution >= 0.6 is 0 Å². The number of fused-ring (bicyclic) bond motifs is 1. The number of nitrogens with one attached hydrogen (secondary N) is 1. The highest BCUT2D eigenvalue weighted by molar-refractivity contribution is 6.03. The van der Waals surface area contributed by atoms with Gasteiger partial charge in [-0.05, 0) is 29.7 Å². The van der Waals surface area contributed by atoms with Crippen molar-refractivity contribution in [2.45, 2.75) is 25.9 Å². The van der Waals surface area contributed by atoms with Gasteiger partial charge in [-0.25, -0.2) is 0 Å². The monoisotopic (exact) mass is 247 g/mol. The highest BCUT2D eigenvalue weighted by Crippen LogP contribution is 2.39. The quantitative estimate of drug-likeness (QED) is 0.829. The second-order valence-electron chi connectivity index (χ2n) is 5.23. The Morgan fingerprint density at radius 1 is 1.50 bits per heavy atom. The lowest BCUT2D eigenvalue weighted by molar-refractivity contribution is -0.117. The Kier molecular flexibility index (Phi) is 2.74. The molecule has 0 bridgehead atoms. The Hall–Kier alpha value is -1.55. The fraction of sp³-hybridized carbons (Fsp3) is 0.500. The van der Waals surface area contributed by atoms with E-state index < -0.39 is 0 Å². The van der Waals surface area contributed by atoms with Crippen molar-refractivity contribution in [1.82, 2.24) is 0 Å². The van der Waals surface area contributed by atoms with E-state index >= 15 is 0 Å². The third kappa shape index (κ3) is 2.08. The summed E-state index contributed by atoms with van der Waals surface area (Å²) in [5, 5.41) is 2.91. The molecule has 2 unspecified atom stereocenters. The molecule has 0 aliphatic carbocycles. The van der Waals surface area contributed by atoms with Gasteiger partial charge in [0.15, 0.2) is 0 Å². The molecule has 0 saturated carbocycles. The molecule has 0 aromatic heterocycles. The normalized spacial score (nSPS) is 24.9. The summed E-state index contributed by atoms with van der Waals surface area (Å²) in [6.45, 7) is 5.50. The highest BCUT2D eigenvalue weighted by Gasteiger charge is 2.33. The van der Waals surface area contributed by atoms with E-state index in [-0.39, 0.29) is 23.8 Å². The van der Waals surface area contributed by atoms with E-state index in [0.29, 0.717) is 6.61 Å². The number of hydrogen-bond acceptors (Lipinski definition) is 3. The molecular weight excluding hydrogens is 230 g/mol. The predicted octanol–water partition coefficient (Wildman–Crippen LogP) is 2.16. The topological polar surface area (TPSA) is 50.9 Å². The third-order valence-corrected chi connectivity index (χ3v) is 3.40. The summed E-state index contributed by atoms with van der Waals surface area (Å²) >= 11 is 0. The molecule has 1 aromatic rings. The van der Waals surface area contributed by atoms with Crippen molar-refractivity contribution in [1.29, 1.82) is 0 Å². The zero-order valence-corrected chi connectivity index (χ0v) is 10.6. The second-order valence-corrected chi connectivity index (χ2v) is 5.23. The van der Waals surface area contributed by atoms with Gasteiger partial charge in [0, 0.05) is 5.69 Å². The SMILES string of the molecule is CC(C)C1C(=O)Nc2ccc(OCC3CO3)cc21. The summed E-state index contributed by atoms with van der Waals surface area (Å²) in [7, 11) is 0. The maximum Gasteiger partial charge on any atom is 0.232 e. The lowest BCUT2D eigenvalue weighted by Gasteiger charge is -2.13. The second kappa shape index (κ2) is 4.28. The molecule has 1 aromatic carbocycles. The number of carbonyl (C=O) groups excluding carboxylic acids is 1. The number of carbonyl (C=O) groups is 1. The zero-order chi connectivity index (χ0) is 12.7. The van der Waals surface area contributed by atoms with E-state index in [9.17, 15) is 4.79 Å². The predicted molar refractivity (Wildman–Crippen MR) is 67.9 cm³/mol. The molecule has 96 valence electrons. The standard InChI is InChI=1S/C14H17NO3/c1-8(2)13-11-5-9(17-6-10-7-18-10)3-4-12(11)15-14(13)16/h3-5,8,10,13H,6-7H2,1-2H3,(H,15,16). The molecule has 3 rings (SSSR count). The van der Waals surface area contributed by atoms with Crippen molar-refractivity contribution in [2.75, 3.05) is 18.5 Å². The van der Waals surface area contributed by atoms with Crippen LogP contribution in [0.15, 0.2) is 18.2 Å². The summed E-state index contributed by atoms with van der Waals surface area (Å²) in [6.07, 6.45) is 0.249. The molecule has 2 heterocycles. The molecular formula is C14H17NO3. The van der Waals surface area contributed by atoms with Gasteiger partial charge in [0.25, 0.3) is 0 Å². The summed E-state index contributed by atoms with van der Waals surface area (Å²) in [5.41, 5.74) is 1.96. The van der Waals surface area contributed by atoms with Gasteiger partial charge in [0.05, 0.1) is 12.5 Å². The van der Waals surface area contributed by atoms with Crippen LogP contribution in [0.3, 0.4) is 0 Å². The van der Waals surface area contributed by atoms with E-state index in [0.717, 1.165) is 23.6 Å². The minimum absolute atomic E-state index is 0.0688. The van der Waals surface area contributed by atoms with Gasteiger partial charge in [-0.2, -0.15) is 0 Å². The van der Waals surface area contributed by atoms with Crippen LogP contribution in [0.4, 0.5) is 5.69 Å². The third-order valence-electron chi connectivity index (χ3n) is 3.40. The Morgan fingerprint density at radius 2 is 2.28 bits per heavy atom. The molecule has 1 saturated heterocycles. The van der Waals surface area contributed by atoms with Gasteiger partial charge >= 0.3 is 0 Å². The Labute approximate surface area is 106 Å². The number of anilines is 1. The summed E-state index contributed by atoms with van der Waals surface area (Å²) in [5.74, 6) is 1.11. The molecule has 2 aliphatic heterocycles. The lowest BCUT2D eigenvalue weighted by Crippen LogP contribution is -2.16. The van der Waals surface area contributed by atoms with Crippen molar-refractivity contribution in [3.05, 3.63) is 23.8 Å². The lowest BCUT2D eigenvalue weighted by atomic mass is 9.90. The molecule has 0 radical (unpaired) electrons. The Bertz CT molecular complexity index is 480. The van der Waals surface area contributed by atoms with E-state index in [1.54, 1.807) is 0 Å². The van der Waals surface area contributed by atoms with Gasteiger partial charge in [-0.3, -0.25) is 4.79 Å². The number of amides is 1. The highest BCUT2D eigenvalue weighted by atomic mass is 16.6. The van der Waals surface area contributed by atoms with Crippen molar-refractivity contribution >= 4 is 11.6 Å². The number of hydrogen-bond donors (Lipinski definition) is 1. The van der Waals surface area contributed by atoms with Crippen molar-refractivity contribution in [3.63, 3.8) is 0 Å². The molecule has 2 atom stereocenters. The van der Waals surface area contributed by atoms with Crippen LogP contribution in [0.2, 0.25) is 0 Å². The van der Waals surface area contributed by atoms with E-state index in [1.807, 2.05) is 18.2 Å². The van der Waals surface area contributed by atoms with Crippen LogP contribution in [-0.4, -0.2) is 25.2 Å². The van der Waals surface area contributed by atoms with Crippen LogP contribution in [0.25, 0.3) is 0 Å². The molecule has 4 nitrogen and oxygen atoms in total. The number of benzene rings is 1. The largest absolute Gasteiger partial charge is 0.491 e. The molecule has 1 N–H and O–H groups in total. The van der Waals surface area contributed by atoms with Crippen molar-refractivity contribution < 1.29 is 14.3 Å². The first kappa shape index (κ1) is 11.5. The average molecular weight is 247 g/mol. The van der Waals surface area contributed by atoms with Crippen LogP contribution in [0, 0.1) is 5.92 Å². The van der Waals surface area contributed by atoms with Gasteiger partial charge in [0.2, 0.25) is 5.91 Å². The Balaban J connectivity index is 1.82. The first-order valence-electron chi connectivity index (χ1n) is 6.34. The van der Waals surface area contributed by atoms with Gasteiger partial charge in [0.1, 0.15) is 18.5 Å². The summed E-state index contributed by atoms with van der Waals surface area (Å²) < 4.78 is 10.8. The fourth-order valence-electron chi connectivity index (χ4n) is 2.37. The molecule has 1 fully saturated rings. The van der Waals surface area contributed by atoms with Gasteiger partial charge < -0.3 is 14.8 Å². The fourth-order valence-corrected chi connectivity index (χ4v) is 2.37. The number of epoxide rings is 1. The zero-order valence-electron chi connectivity index (χ0n) is 10.6. The van der Waals surface area contributed by atoms with Crippen LogP contribution in [-0.2, 0) is 9.53 Å². The molecule has 0 spiro atoms. The average Bonchev–Trinajstić information content (AvgIpc) is 3.07. The van der Waals surface area contributed by atoms with Crippen LogP contribution in [0.5, 0.6) is 5.75 Å². The smallest absolute Gasteiger partial charge is 0.232 e. The molecule has 1 amide bonds. The first-order valence-corrected chi connectivity index (χ1v) is 6.34. The first-order chi connectivity index (χ1) is 8.65. The van der Waals surface area contributed by atoms with Gasteiger partial charge in [-0.1, -0.05) is 13.8 Å². The van der Waals surface area contributed by atoms with Gasteiger partial charge in [-0.15, -0.1) is 0 Å². The minimum atomic E-state index is -0.0688. The summed E-state index contributed by atoms with van der Waals surface area (Å²) in [6, 6.07) is 5.78. The van der Waals surface area contributed by atoms with Crippen molar-refractivity contribution in [3.8, 4) is 5.75 Å². The van der Waals surface area contributed by atoms with E-state index in [1.165, 1.54) is 0 Å².